The Morgan fingerprint density at radius 2 is 2.58 bits per heavy atom. The van der Waals surface area contributed by atoms with Gasteiger partial charge in [-0.15, -0.1) is 0 Å². The maximum atomic E-state index is 4.13. The van der Waals surface area contributed by atoms with Crippen molar-refractivity contribution in [1.29, 1.82) is 0 Å². The van der Waals surface area contributed by atoms with E-state index in [1.165, 1.54) is 12.1 Å². The van der Waals surface area contributed by atoms with Crippen molar-refractivity contribution in [1.82, 2.24) is 14.7 Å². The molecule has 2 heterocycles. The number of rotatable bonds is 3. The monoisotopic (exact) mass is 229 g/mol. The molecule has 2 atom stereocenters. The van der Waals surface area contributed by atoms with Gasteiger partial charge in [0.1, 0.15) is 0 Å². The third-order valence-electron chi connectivity index (χ3n) is 2.15. The molecule has 0 amide bonds. The van der Waals surface area contributed by atoms with E-state index < -0.39 is 0 Å². The van der Waals surface area contributed by atoms with E-state index in [0.29, 0.717) is 0 Å². The molecule has 0 N–H and O–H groups in total. The summed E-state index contributed by atoms with van der Waals surface area (Å²) < 4.78 is 1.85. The Labute approximate surface area is 80.5 Å². The van der Waals surface area contributed by atoms with E-state index in [0.717, 1.165) is 17.9 Å². The number of hydrogen-bond acceptors (Lipinski definition) is 2. The molecule has 0 saturated carbocycles. The van der Waals surface area contributed by atoms with Crippen molar-refractivity contribution >= 4 is 15.9 Å². The average molecular weight is 230 g/mol. The molecule has 1 aromatic rings. The van der Waals surface area contributed by atoms with Gasteiger partial charge in [0.25, 0.3) is 0 Å². The lowest BCUT2D eigenvalue weighted by molar-refractivity contribution is 0.517. The Kier molecular flexibility index (Phi) is 2.19. The summed E-state index contributed by atoms with van der Waals surface area (Å²) in [6, 6.07) is 0.755. The van der Waals surface area contributed by atoms with Gasteiger partial charge in [-0.25, -0.2) is 0 Å². The molecular formula is C8H12BrN3. The summed E-state index contributed by atoms with van der Waals surface area (Å²) in [6.45, 7) is 2.27. The summed E-state index contributed by atoms with van der Waals surface area (Å²) in [4.78, 5) is 2.42. The maximum Gasteiger partial charge on any atom is 0.0534 e. The fourth-order valence-electron chi connectivity index (χ4n) is 1.35. The molecule has 2 rings (SSSR count). The van der Waals surface area contributed by atoms with Crippen molar-refractivity contribution in [2.45, 2.75) is 12.6 Å². The van der Waals surface area contributed by atoms with Crippen LogP contribution >= 0.6 is 15.9 Å². The van der Waals surface area contributed by atoms with Gasteiger partial charge in [0.15, 0.2) is 0 Å². The van der Waals surface area contributed by atoms with Crippen LogP contribution in [0.5, 0.6) is 0 Å². The summed E-state index contributed by atoms with van der Waals surface area (Å²) in [5, 5.41) is 5.22. The molecule has 1 fully saturated rings. The van der Waals surface area contributed by atoms with Crippen LogP contribution in [0.15, 0.2) is 12.4 Å². The second kappa shape index (κ2) is 3.18. The minimum atomic E-state index is 0.755. The molecule has 1 aliphatic rings. The number of halogens is 1. The predicted molar refractivity (Wildman–Crippen MR) is 51.2 cm³/mol. The molecule has 0 spiro atoms. The van der Waals surface area contributed by atoms with Crippen molar-refractivity contribution < 1.29 is 0 Å². The zero-order chi connectivity index (χ0) is 8.55. The van der Waals surface area contributed by atoms with Crippen LogP contribution in [0.2, 0.25) is 0 Å². The van der Waals surface area contributed by atoms with Crippen LogP contribution < -0.4 is 0 Å². The normalized spacial score (nSPS) is 27.5. The van der Waals surface area contributed by atoms with Gasteiger partial charge in [-0.1, -0.05) is 15.9 Å². The van der Waals surface area contributed by atoms with Gasteiger partial charge >= 0.3 is 0 Å². The van der Waals surface area contributed by atoms with Crippen molar-refractivity contribution in [2.24, 2.45) is 7.05 Å². The lowest BCUT2D eigenvalue weighted by atomic mass is 10.3. The third kappa shape index (κ3) is 1.69. The summed E-state index contributed by atoms with van der Waals surface area (Å²) in [5.41, 5.74) is 1.31. The fourth-order valence-corrected chi connectivity index (χ4v) is 1.97. The van der Waals surface area contributed by atoms with Crippen LogP contribution in [-0.4, -0.2) is 32.6 Å². The molecule has 12 heavy (non-hydrogen) atoms. The standard InChI is InChI=1S/C8H12BrN3/c1-11-4-7(3-10-11)5-12-6-8(12)2-9/h3-4,8H,2,5-6H2,1H3. The highest BCUT2D eigenvalue weighted by Crippen LogP contribution is 2.21. The first-order chi connectivity index (χ1) is 5.79. The third-order valence-corrected chi connectivity index (χ3v) is 2.90. The minimum Gasteiger partial charge on any atom is -0.292 e. The number of alkyl halides is 1. The van der Waals surface area contributed by atoms with Crippen LogP contribution in [0.3, 0.4) is 0 Å². The first-order valence-electron chi connectivity index (χ1n) is 4.07. The molecule has 0 aliphatic carbocycles. The number of aryl methyl sites for hydroxylation is 1. The number of nitrogens with zero attached hydrogens (tertiary/aromatic N) is 3. The molecule has 0 aromatic carbocycles. The summed E-state index contributed by atoms with van der Waals surface area (Å²) >= 11 is 3.47. The topological polar surface area (TPSA) is 20.8 Å². The lowest BCUT2D eigenvalue weighted by Gasteiger charge is -1.97. The van der Waals surface area contributed by atoms with E-state index >= 15 is 0 Å². The second-order valence-corrected chi connectivity index (χ2v) is 3.91. The summed E-state index contributed by atoms with van der Waals surface area (Å²) in [6.07, 6.45) is 4.01. The molecule has 4 heteroatoms. The van der Waals surface area contributed by atoms with Crippen LogP contribution in [-0.2, 0) is 13.6 Å². The van der Waals surface area contributed by atoms with Crippen molar-refractivity contribution in [2.75, 3.05) is 11.9 Å². The SMILES string of the molecule is Cn1cc(CN2CC2CBr)cn1. The van der Waals surface area contributed by atoms with Crippen molar-refractivity contribution in [3.05, 3.63) is 18.0 Å². The first kappa shape index (κ1) is 8.26. The smallest absolute Gasteiger partial charge is 0.0534 e. The van der Waals surface area contributed by atoms with Gasteiger partial charge in [-0.3, -0.25) is 9.58 Å². The Morgan fingerprint density at radius 1 is 1.75 bits per heavy atom. The quantitative estimate of drug-likeness (QED) is 0.570. The van der Waals surface area contributed by atoms with Crippen LogP contribution in [0.1, 0.15) is 5.56 Å². The van der Waals surface area contributed by atoms with E-state index in [4.69, 9.17) is 0 Å². The van der Waals surface area contributed by atoms with Crippen LogP contribution in [0.25, 0.3) is 0 Å². The Bertz CT molecular complexity index is 271. The van der Waals surface area contributed by atoms with Crippen LogP contribution in [0.4, 0.5) is 0 Å². The zero-order valence-corrected chi connectivity index (χ0v) is 8.66. The van der Waals surface area contributed by atoms with Gasteiger partial charge in [0, 0.05) is 43.3 Å². The molecule has 1 saturated heterocycles. The van der Waals surface area contributed by atoms with Crippen molar-refractivity contribution in [3.8, 4) is 0 Å². The lowest BCUT2D eigenvalue weighted by Crippen LogP contribution is -2.01. The van der Waals surface area contributed by atoms with E-state index in [-0.39, 0.29) is 0 Å². The highest BCUT2D eigenvalue weighted by Gasteiger charge is 2.32. The Balaban J connectivity index is 1.89. The molecule has 3 nitrogen and oxygen atoms in total. The minimum absolute atomic E-state index is 0.755. The van der Waals surface area contributed by atoms with Gasteiger partial charge in [0.2, 0.25) is 0 Å². The number of hydrogen-bond donors (Lipinski definition) is 0. The molecule has 0 radical (unpaired) electrons. The first-order valence-corrected chi connectivity index (χ1v) is 5.19. The van der Waals surface area contributed by atoms with Gasteiger partial charge in [0.05, 0.1) is 6.20 Å². The predicted octanol–water partition coefficient (Wildman–Crippen LogP) is 0.999. The highest BCUT2D eigenvalue weighted by atomic mass is 79.9. The van der Waals surface area contributed by atoms with E-state index in [9.17, 15) is 0 Å². The van der Waals surface area contributed by atoms with Crippen LogP contribution in [0, 0.1) is 0 Å². The van der Waals surface area contributed by atoms with Gasteiger partial charge in [-0.2, -0.15) is 5.10 Å². The van der Waals surface area contributed by atoms with E-state index in [1.807, 2.05) is 17.9 Å². The van der Waals surface area contributed by atoms with Gasteiger partial charge < -0.3 is 0 Å². The molecule has 1 aromatic heterocycles. The molecule has 2 unspecified atom stereocenters. The molecule has 66 valence electrons. The molecular weight excluding hydrogens is 218 g/mol. The summed E-state index contributed by atoms with van der Waals surface area (Å²) in [7, 11) is 1.95. The van der Waals surface area contributed by atoms with E-state index in [1.54, 1.807) is 0 Å². The summed E-state index contributed by atoms with van der Waals surface area (Å²) in [5.74, 6) is 0. The fraction of sp³-hybridized carbons (Fsp3) is 0.625. The van der Waals surface area contributed by atoms with Crippen molar-refractivity contribution in [3.63, 3.8) is 0 Å². The number of aromatic nitrogens is 2. The highest BCUT2D eigenvalue weighted by molar-refractivity contribution is 9.09. The second-order valence-electron chi connectivity index (χ2n) is 3.26. The van der Waals surface area contributed by atoms with E-state index in [2.05, 4.69) is 32.1 Å². The Morgan fingerprint density at radius 3 is 3.08 bits per heavy atom. The zero-order valence-electron chi connectivity index (χ0n) is 7.07. The Hall–Kier alpha value is -0.350. The molecule has 1 aliphatic heterocycles. The molecule has 0 bridgehead atoms. The maximum absolute atomic E-state index is 4.13. The van der Waals surface area contributed by atoms with Gasteiger partial charge in [-0.05, 0) is 0 Å². The average Bonchev–Trinajstić information content (AvgIpc) is 2.67. The largest absolute Gasteiger partial charge is 0.292 e.